The number of hydrogen-bond donors (Lipinski definition) is 0. The van der Waals surface area contributed by atoms with Crippen LogP contribution in [-0.2, 0) is 28.9 Å². The predicted molar refractivity (Wildman–Crippen MR) is 154 cm³/mol. The van der Waals surface area contributed by atoms with Crippen LogP contribution in [0.25, 0.3) is 0 Å². The molecular weight excluding hydrogens is 518 g/mol. The maximum atomic E-state index is 12.5. The Morgan fingerprint density at radius 2 is 1.74 bits per heavy atom. The zero-order chi connectivity index (χ0) is 27.5. The van der Waals surface area contributed by atoms with Crippen molar-refractivity contribution in [3.05, 3.63) is 101 Å². The number of thioether (sulfide) groups is 2. The molecule has 1 aliphatic rings. The highest BCUT2D eigenvalue weighted by molar-refractivity contribution is 8.17. The Hall–Kier alpha value is -3.10. The number of pyridine rings is 1. The predicted octanol–water partition coefficient (Wildman–Crippen LogP) is 6.43. The molecule has 1 atom stereocenters. The summed E-state index contributed by atoms with van der Waals surface area (Å²) in [6.45, 7) is 10.9. The molecule has 1 aromatic carbocycles. The summed E-state index contributed by atoms with van der Waals surface area (Å²) in [5.41, 5.74) is 4.58. The summed E-state index contributed by atoms with van der Waals surface area (Å²) in [5, 5.41) is 0. The summed E-state index contributed by atoms with van der Waals surface area (Å²) in [7, 11) is 0. The Bertz CT molecular complexity index is 1210. The number of carbonyl (C=O) groups excluding carboxylic acids is 3. The van der Waals surface area contributed by atoms with E-state index < -0.39 is 5.97 Å². The first-order valence-electron chi connectivity index (χ1n) is 12.3. The summed E-state index contributed by atoms with van der Waals surface area (Å²) in [4.78, 5) is 40.4. The van der Waals surface area contributed by atoms with Crippen LogP contribution >= 0.6 is 23.5 Å². The Morgan fingerprint density at radius 1 is 1.03 bits per heavy atom. The van der Waals surface area contributed by atoms with Crippen LogP contribution in [0.2, 0.25) is 0 Å². The van der Waals surface area contributed by atoms with Crippen molar-refractivity contribution in [1.82, 2.24) is 4.98 Å². The summed E-state index contributed by atoms with van der Waals surface area (Å²) >= 11 is 3.61. The number of ketones is 1. The Morgan fingerprint density at radius 3 is 2.34 bits per heavy atom. The van der Waals surface area contributed by atoms with Gasteiger partial charge in [-0.15, -0.1) is 23.5 Å². The fourth-order valence-corrected chi connectivity index (χ4v) is 6.42. The third kappa shape index (κ3) is 8.46. The molecule has 1 aromatic heterocycles. The average molecular weight is 552 g/mol. The van der Waals surface area contributed by atoms with Gasteiger partial charge in [0.05, 0.1) is 12.3 Å². The molecule has 0 saturated heterocycles. The lowest BCUT2D eigenvalue weighted by molar-refractivity contribution is -0.139. The van der Waals surface area contributed by atoms with Gasteiger partial charge in [-0.05, 0) is 50.0 Å². The van der Waals surface area contributed by atoms with Crippen LogP contribution in [0, 0.1) is 0 Å². The minimum Gasteiger partial charge on any atom is -0.462 e. The summed E-state index contributed by atoms with van der Waals surface area (Å²) in [6.07, 6.45) is 5.51. The highest BCUT2D eigenvalue weighted by Crippen LogP contribution is 2.52. The number of carbonyl (C=O) groups is 3. The van der Waals surface area contributed by atoms with E-state index in [1.54, 1.807) is 25.6 Å². The maximum absolute atomic E-state index is 12.5. The van der Waals surface area contributed by atoms with Crippen LogP contribution < -0.4 is 0 Å². The SMILES string of the molecule is C=C(C)C(=O)OCCCC(=O)c1ccc(CSC2(c3ccccn3)CC=C(COC(=O)C(=C)C)CS2)cc1. The molecule has 6 nitrogen and oxygen atoms in total. The highest BCUT2D eigenvalue weighted by Gasteiger charge is 2.36. The van der Waals surface area contributed by atoms with Crippen LogP contribution in [0.5, 0.6) is 0 Å². The van der Waals surface area contributed by atoms with Crippen molar-refractivity contribution >= 4 is 41.2 Å². The van der Waals surface area contributed by atoms with Gasteiger partial charge in [0.25, 0.3) is 0 Å². The summed E-state index contributed by atoms with van der Waals surface area (Å²) in [5.74, 6) is 0.704. The molecule has 2 heterocycles. The van der Waals surface area contributed by atoms with Gasteiger partial charge < -0.3 is 9.47 Å². The van der Waals surface area contributed by atoms with Crippen LogP contribution in [0.1, 0.15) is 54.7 Å². The second kappa shape index (κ2) is 14.2. The van der Waals surface area contributed by atoms with Crippen LogP contribution in [0.15, 0.2) is 84.6 Å². The molecule has 200 valence electrons. The van der Waals surface area contributed by atoms with Crippen molar-refractivity contribution in [2.24, 2.45) is 0 Å². The van der Waals surface area contributed by atoms with Crippen molar-refractivity contribution in [3.8, 4) is 0 Å². The molecule has 1 aliphatic heterocycles. The molecule has 3 rings (SSSR count). The zero-order valence-electron chi connectivity index (χ0n) is 21.9. The molecule has 1 unspecified atom stereocenters. The highest BCUT2D eigenvalue weighted by atomic mass is 32.2. The van der Waals surface area contributed by atoms with Gasteiger partial charge in [-0.3, -0.25) is 9.78 Å². The van der Waals surface area contributed by atoms with E-state index in [2.05, 4.69) is 30.3 Å². The number of esters is 2. The molecule has 2 aromatic rings. The molecule has 0 spiro atoms. The average Bonchev–Trinajstić information content (AvgIpc) is 2.93. The smallest absolute Gasteiger partial charge is 0.333 e. The lowest BCUT2D eigenvalue weighted by Crippen LogP contribution is -2.24. The van der Waals surface area contributed by atoms with Gasteiger partial charge in [-0.25, -0.2) is 9.59 Å². The van der Waals surface area contributed by atoms with Crippen molar-refractivity contribution in [3.63, 3.8) is 0 Å². The number of Topliss-reactive ketones (excluding diaryl/α,β-unsaturated/α-hetero) is 1. The molecule has 0 N–H and O–H groups in total. The molecule has 38 heavy (non-hydrogen) atoms. The van der Waals surface area contributed by atoms with Crippen LogP contribution in [0.4, 0.5) is 0 Å². The van der Waals surface area contributed by atoms with E-state index in [0.717, 1.165) is 34.8 Å². The van der Waals surface area contributed by atoms with E-state index in [9.17, 15) is 14.4 Å². The lowest BCUT2D eigenvalue weighted by atomic mass is 10.1. The third-order valence-corrected chi connectivity index (χ3v) is 9.20. The van der Waals surface area contributed by atoms with E-state index in [1.165, 1.54) is 0 Å². The van der Waals surface area contributed by atoms with Gasteiger partial charge in [-0.2, -0.15) is 0 Å². The molecule has 0 bridgehead atoms. The number of benzene rings is 1. The molecule has 0 radical (unpaired) electrons. The second-order valence-corrected chi connectivity index (χ2v) is 11.9. The van der Waals surface area contributed by atoms with Crippen molar-refractivity contribution in [2.75, 3.05) is 19.0 Å². The molecule has 0 amide bonds. The Balaban J connectivity index is 1.59. The van der Waals surface area contributed by atoms with Gasteiger partial charge in [-0.1, -0.05) is 49.6 Å². The fraction of sp³-hybridized carbons (Fsp3) is 0.333. The Labute approximate surface area is 233 Å². The van der Waals surface area contributed by atoms with Gasteiger partial charge in [0, 0.05) is 40.8 Å². The third-order valence-electron chi connectivity index (χ3n) is 5.82. The summed E-state index contributed by atoms with van der Waals surface area (Å²) < 4.78 is 10.1. The van der Waals surface area contributed by atoms with Crippen molar-refractivity contribution in [1.29, 1.82) is 0 Å². The van der Waals surface area contributed by atoms with E-state index in [1.807, 2.05) is 54.4 Å². The van der Waals surface area contributed by atoms with Crippen molar-refractivity contribution < 1.29 is 23.9 Å². The zero-order valence-corrected chi connectivity index (χ0v) is 23.5. The van der Waals surface area contributed by atoms with E-state index >= 15 is 0 Å². The Kier molecular flexibility index (Phi) is 11.0. The number of ether oxygens (including phenoxy) is 2. The normalized spacial score (nSPS) is 16.7. The monoisotopic (exact) mass is 551 g/mol. The van der Waals surface area contributed by atoms with Crippen molar-refractivity contribution in [2.45, 2.75) is 42.9 Å². The first-order valence-corrected chi connectivity index (χ1v) is 14.3. The topological polar surface area (TPSA) is 82.6 Å². The second-order valence-electron chi connectivity index (χ2n) is 9.11. The van der Waals surface area contributed by atoms with Gasteiger partial charge in [0.1, 0.15) is 10.7 Å². The quantitative estimate of drug-likeness (QED) is 0.0926. The number of allylic oxidation sites excluding steroid dienone is 1. The largest absolute Gasteiger partial charge is 0.462 e. The van der Waals surface area contributed by atoms with Gasteiger partial charge in [0.15, 0.2) is 5.78 Å². The number of aromatic nitrogens is 1. The molecule has 8 heteroatoms. The number of nitrogens with zero attached hydrogens (tertiary/aromatic N) is 1. The molecular formula is C30H33NO5S2. The number of hydrogen-bond acceptors (Lipinski definition) is 8. The minimum absolute atomic E-state index is 0.0217. The minimum atomic E-state index is -0.433. The van der Waals surface area contributed by atoms with Crippen LogP contribution in [0.3, 0.4) is 0 Å². The van der Waals surface area contributed by atoms with Gasteiger partial charge >= 0.3 is 11.9 Å². The lowest BCUT2D eigenvalue weighted by Gasteiger charge is -2.35. The van der Waals surface area contributed by atoms with E-state index in [-0.39, 0.29) is 29.0 Å². The van der Waals surface area contributed by atoms with Gasteiger partial charge in [0.2, 0.25) is 0 Å². The standard InChI is InChI=1S/C30H33NO5S2/c1-21(2)28(33)35-17-7-8-26(32)25-12-10-23(11-13-25)19-37-30(27-9-5-6-16-31-27)15-14-24(20-38-30)18-36-29(34)22(3)4/h5-6,9-14,16H,1,3,7-8,15,17-20H2,2,4H3. The first kappa shape index (κ1) is 29.5. The first-order chi connectivity index (χ1) is 18.2. The van der Waals surface area contributed by atoms with Crippen LogP contribution in [-0.4, -0.2) is 41.7 Å². The van der Waals surface area contributed by atoms with E-state index in [0.29, 0.717) is 29.6 Å². The van der Waals surface area contributed by atoms with E-state index in [4.69, 9.17) is 9.47 Å². The maximum Gasteiger partial charge on any atom is 0.333 e. The molecule has 0 saturated carbocycles. The fourth-order valence-electron chi connectivity index (χ4n) is 3.58. The molecule has 0 aliphatic carbocycles. The molecule has 0 fully saturated rings. The summed E-state index contributed by atoms with van der Waals surface area (Å²) in [6, 6.07) is 13.6. The number of rotatable bonds is 13.